The van der Waals surface area contributed by atoms with E-state index in [0.29, 0.717) is 6.42 Å². The Bertz CT molecular complexity index is 634. The third kappa shape index (κ3) is 4.44. The van der Waals surface area contributed by atoms with Crippen molar-refractivity contribution >= 4 is 5.91 Å². The minimum atomic E-state index is 0.230. The number of nitrogens with zero attached hydrogens (tertiary/aromatic N) is 1. The molecule has 0 fully saturated rings. The average molecular weight is 309 g/mol. The van der Waals surface area contributed by atoms with Crippen molar-refractivity contribution in [1.82, 2.24) is 4.90 Å². The number of hydrogen-bond acceptors (Lipinski definition) is 1. The predicted octanol–water partition coefficient (Wildman–Crippen LogP) is 4.40. The van der Waals surface area contributed by atoms with E-state index >= 15 is 0 Å². The Balaban J connectivity index is 0.000000924. The minimum absolute atomic E-state index is 0.230. The molecular weight excluding hydrogens is 282 g/mol. The summed E-state index contributed by atoms with van der Waals surface area (Å²) in [5.74, 6) is 0.230. The molecule has 1 aliphatic rings. The Morgan fingerprint density at radius 3 is 2.43 bits per heavy atom. The van der Waals surface area contributed by atoms with Gasteiger partial charge in [0.1, 0.15) is 0 Å². The second-order valence-corrected chi connectivity index (χ2v) is 5.68. The number of rotatable bonds is 3. The maximum absolute atomic E-state index is 12.5. The summed E-state index contributed by atoms with van der Waals surface area (Å²) < 4.78 is 0. The fourth-order valence-corrected chi connectivity index (χ4v) is 2.93. The highest BCUT2D eigenvalue weighted by Gasteiger charge is 2.20. The van der Waals surface area contributed by atoms with Gasteiger partial charge in [0.2, 0.25) is 5.91 Å². The molecule has 1 amide bonds. The molecule has 0 saturated carbocycles. The first-order valence-electron chi connectivity index (χ1n) is 8.68. The molecule has 0 aromatic heterocycles. The SMILES string of the molecule is CC.CCc1ccc2c(c1)CN(C(=O)Cc1ccccc1)CC2. The van der Waals surface area contributed by atoms with Gasteiger partial charge in [0.15, 0.2) is 0 Å². The summed E-state index contributed by atoms with van der Waals surface area (Å²) in [5.41, 5.74) is 5.17. The van der Waals surface area contributed by atoms with Crippen molar-refractivity contribution < 1.29 is 4.79 Å². The third-order valence-electron chi connectivity index (χ3n) is 4.24. The van der Waals surface area contributed by atoms with E-state index in [9.17, 15) is 4.79 Å². The minimum Gasteiger partial charge on any atom is -0.338 e. The number of carbonyl (C=O) groups excluding carboxylic acids is 1. The fourth-order valence-electron chi connectivity index (χ4n) is 2.93. The lowest BCUT2D eigenvalue weighted by molar-refractivity contribution is -0.131. The maximum Gasteiger partial charge on any atom is 0.227 e. The lowest BCUT2D eigenvalue weighted by atomic mass is 9.96. The lowest BCUT2D eigenvalue weighted by Gasteiger charge is -2.29. The van der Waals surface area contributed by atoms with E-state index in [1.165, 1.54) is 16.7 Å². The first kappa shape index (κ1) is 17.3. The van der Waals surface area contributed by atoms with Crippen molar-refractivity contribution in [3.05, 3.63) is 70.8 Å². The van der Waals surface area contributed by atoms with Gasteiger partial charge in [-0.1, -0.05) is 69.3 Å². The summed E-state index contributed by atoms with van der Waals surface area (Å²) in [6.45, 7) is 7.77. The van der Waals surface area contributed by atoms with E-state index in [1.54, 1.807) is 0 Å². The van der Waals surface area contributed by atoms with Crippen LogP contribution in [0.3, 0.4) is 0 Å². The van der Waals surface area contributed by atoms with Gasteiger partial charge < -0.3 is 4.90 Å². The van der Waals surface area contributed by atoms with Crippen LogP contribution >= 0.6 is 0 Å². The Labute approximate surface area is 140 Å². The van der Waals surface area contributed by atoms with E-state index in [1.807, 2.05) is 49.1 Å². The molecule has 0 unspecified atom stereocenters. The molecule has 0 atom stereocenters. The van der Waals surface area contributed by atoms with Crippen molar-refractivity contribution in [2.45, 2.75) is 46.6 Å². The smallest absolute Gasteiger partial charge is 0.227 e. The van der Waals surface area contributed by atoms with Gasteiger partial charge in [0.05, 0.1) is 6.42 Å². The highest BCUT2D eigenvalue weighted by Crippen LogP contribution is 2.21. The van der Waals surface area contributed by atoms with Crippen LogP contribution in [0.25, 0.3) is 0 Å². The number of fused-ring (bicyclic) bond motifs is 1. The van der Waals surface area contributed by atoms with Gasteiger partial charge in [-0.3, -0.25) is 4.79 Å². The molecule has 2 nitrogen and oxygen atoms in total. The molecule has 3 rings (SSSR count). The van der Waals surface area contributed by atoms with Crippen molar-refractivity contribution in [2.24, 2.45) is 0 Å². The zero-order valence-electron chi connectivity index (χ0n) is 14.5. The summed E-state index contributed by atoms with van der Waals surface area (Å²) in [5, 5.41) is 0. The quantitative estimate of drug-likeness (QED) is 0.823. The van der Waals surface area contributed by atoms with Gasteiger partial charge in [-0.15, -0.1) is 0 Å². The summed E-state index contributed by atoms with van der Waals surface area (Å²) in [7, 11) is 0. The second-order valence-electron chi connectivity index (χ2n) is 5.68. The monoisotopic (exact) mass is 309 g/mol. The molecule has 0 bridgehead atoms. The number of carbonyl (C=O) groups is 1. The highest BCUT2D eigenvalue weighted by molar-refractivity contribution is 5.79. The molecule has 0 N–H and O–H groups in total. The molecule has 2 heteroatoms. The lowest BCUT2D eigenvalue weighted by Crippen LogP contribution is -2.36. The predicted molar refractivity (Wildman–Crippen MR) is 96.4 cm³/mol. The zero-order chi connectivity index (χ0) is 16.7. The number of aryl methyl sites for hydroxylation is 1. The van der Waals surface area contributed by atoms with E-state index in [-0.39, 0.29) is 5.91 Å². The van der Waals surface area contributed by atoms with E-state index in [0.717, 1.165) is 31.5 Å². The van der Waals surface area contributed by atoms with Crippen LogP contribution in [0.15, 0.2) is 48.5 Å². The van der Waals surface area contributed by atoms with Crippen LogP contribution in [0.2, 0.25) is 0 Å². The molecule has 0 aliphatic carbocycles. The summed E-state index contributed by atoms with van der Waals surface area (Å²) in [6, 6.07) is 16.7. The molecular formula is C21H27NO. The average Bonchev–Trinajstić information content (AvgIpc) is 2.63. The Hall–Kier alpha value is -2.09. The molecule has 1 aliphatic heterocycles. The van der Waals surface area contributed by atoms with E-state index in [2.05, 4.69) is 25.1 Å². The number of benzene rings is 2. The van der Waals surface area contributed by atoms with Gasteiger partial charge in [0, 0.05) is 13.1 Å². The normalized spacial score (nSPS) is 12.9. The van der Waals surface area contributed by atoms with Crippen LogP contribution in [0.5, 0.6) is 0 Å². The largest absolute Gasteiger partial charge is 0.338 e. The van der Waals surface area contributed by atoms with E-state index in [4.69, 9.17) is 0 Å². The summed E-state index contributed by atoms with van der Waals surface area (Å²) >= 11 is 0. The molecule has 122 valence electrons. The molecule has 0 radical (unpaired) electrons. The first-order valence-corrected chi connectivity index (χ1v) is 8.68. The Morgan fingerprint density at radius 2 is 1.74 bits per heavy atom. The van der Waals surface area contributed by atoms with Crippen LogP contribution in [-0.4, -0.2) is 17.4 Å². The zero-order valence-corrected chi connectivity index (χ0v) is 14.5. The first-order chi connectivity index (χ1) is 11.3. The van der Waals surface area contributed by atoms with Crippen LogP contribution in [-0.2, 0) is 30.6 Å². The van der Waals surface area contributed by atoms with Crippen LogP contribution in [0.1, 0.15) is 43.0 Å². The van der Waals surface area contributed by atoms with Crippen molar-refractivity contribution in [3.63, 3.8) is 0 Å². The Kier molecular flexibility index (Phi) is 6.40. The van der Waals surface area contributed by atoms with Crippen LogP contribution in [0, 0.1) is 0 Å². The van der Waals surface area contributed by atoms with Crippen LogP contribution < -0.4 is 0 Å². The summed E-state index contributed by atoms with van der Waals surface area (Å²) in [6.07, 6.45) is 2.52. The fraction of sp³-hybridized carbons (Fsp3) is 0.381. The molecule has 0 spiro atoms. The van der Waals surface area contributed by atoms with Crippen molar-refractivity contribution in [3.8, 4) is 0 Å². The molecule has 2 aromatic rings. The van der Waals surface area contributed by atoms with Crippen molar-refractivity contribution in [1.29, 1.82) is 0 Å². The van der Waals surface area contributed by atoms with Gasteiger partial charge in [-0.2, -0.15) is 0 Å². The van der Waals surface area contributed by atoms with E-state index < -0.39 is 0 Å². The molecule has 0 saturated heterocycles. The highest BCUT2D eigenvalue weighted by atomic mass is 16.2. The summed E-state index contributed by atoms with van der Waals surface area (Å²) in [4.78, 5) is 14.5. The van der Waals surface area contributed by atoms with Gasteiger partial charge >= 0.3 is 0 Å². The number of hydrogen-bond donors (Lipinski definition) is 0. The molecule has 23 heavy (non-hydrogen) atoms. The molecule has 2 aromatic carbocycles. The maximum atomic E-state index is 12.5. The second kappa shape index (κ2) is 8.52. The van der Waals surface area contributed by atoms with Gasteiger partial charge in [0.25, 0.3) is 0 Å². The van der Waals surface area contributed by atoms with Gasteiger partial charge in [-0.25, -0.2) is 0 Å². The topological polar surface area (TPSA) is 20.3 Å². The van der Waals surface area contributed by atoms with Crippen molar-refractivity contribution in [2.75, 3.05) is 6.54 Å². The molecule has 1 heterocycles. The third-order valence-corrected chi connectivity index (χ3v) is 4.24. The number of amides is 1. The van der Waals surface area contributed by atoms with Gasteiger partial charge in [-0.05, 0) is 35.1 Å². The standard InChI is InChI=1S/C19H21NO.C2H6/c1-2-15-8-9-17-10-11-20(14-18(17)12-15)19(21)13-16-6-4-3-5-7-16;1-2/h3-9,12H,2,10-11,13-14H2,1H3;1-2H3. The van der Waals surface area contributed by atoms with Crippen LogP contribution in [0.4, 0.5) is 0 Å². The Morgan fingerprint density at radius 1 is 1.00 bits per heavy atom.